The van der Waals surface area contributed by atoms with E-state index in [1.165, 1.54) is 38.5 Å². The molecule has 1 unspecified atom stereocenters. The molecule has 176 valence electrons. The van der Waals surface area contributed by atoms with E-state index in [1.54, 1.807) is 11.8 Å². The number of rotatable bonds is 15. The lowest BCUT2D eigenvalue weighted by Gasteiger charge is -2.42. The van der Waals surface area contributed by atoms with Gasteiger partial charge in [-0.15, -0.1) is 0 Å². The number of aliphatic carboxylic acids is 1. The first-order valence-electron chi connectivity index (χ1n) is 11.9. The number of carbonyl (C=O) groups excluding carboxylic acids is 1. The van der Waals surface area contributed by atoms with E-state index in [4.69, 9.17) is 5.11 Å². The molecule has 2 rings (SSSR count). The molecule has 0 aromatic heterocycles. The Morgan fingerprint density at radius 1 is 1.29 bits per heavy atom. The van der Waals surface area contributed by atoms with Crippen LogP contribution in [-0.2, 0) is 9.59 Å². The highest BCUT2D eigenvalue weighted by molar-refractivity contribution is 8.00. The number of allylic oxidation sites excluding steroid dienone is 4. The third-order valence-corrected chi connectivity index (χ3v) is 8.29. The summed E-state index contributed by atoms with van der Waals surface area (Å²) < 4.78 is 0. The molecule has 6 heteroatoms. The highest BCUT2D eigenvalue weighted by Crippen LogP contribution is 2.48. The van der Waals surface area contributed by atoms with Crippen LogP contribution in [0.5, 0.6) is 0 Å². The summed E-state index contributed by atoms with van der Waals surface area (Å²) in [6.45, 7) is 2.37. The molecular weight excluding hydrogens is 412 g/mol. The summed E-state index contributed by atoms with van der Waals surface area (Å²) in [4.78, 5) is 23.4. The predicted octanol–water partition coefficient (Wildman–Crippen LogP) is 4.76. The molecule has 2 saturated carbocycles. The second-order valence-electron chi connectivity index (χ2n) is 9.22. The van der Waals surface area contributed by atoms with E-state index in [0.29, 0.717) is 30.4 Å². The van der Waals surface area contributed by atoms with Gasteiger partial charge in [0.05, 0.1) is 6.61 Å². The molecule has 5 nitrogen and oxygen atoms in total. The topological polar surface area (TPSA) is 94.8 Å². The minimum Gasteiger partial charge on any atom is -0.479 e. The number of ketones is 1. The maximum atomic E-state index is 12.7. The minimum atomic E-state index is -1.33. The SMILES string of the molecule is CCCCC1(C/C=C/[C@H]2[C@@H](SCCO)CC(=O)[C@@H]2C/C=C\CCC(O)C(=O)O)CCC1. The fraction of sp³-hybridized carbons (Fsp3) is 0.760. The Hall–Kier alpha value is -1.11. The third-order valence-electron chi connectivity index (χ3n) is 6.97. The highest BCUT2D eigenvalue weighted by atomic mass is 32.2. The van der Waals surface area contributed by atoms with Crippen LogP contribution in [0, 0.1) is 17.3 Å². The number of carboxylic acid groups (broad SMARTS) is 1. The number of Topliss-reactive ketones (excluding diaryl/α,β-unsaturated/α-hetero) is 1. The highest BCUT2D eigenvalue weighted by Gasteiger charge is 2.40. The molecule has 2 aliphatic carbocycles. The first-order valence-corrected chi connectivity index (χ1v) is 12.9. The van der Waals surface area contributed by atoms with E-state index in [2.05, 4.69) is 19.1 Å². The van der Waals surface area contributed by atoms with E-state index >= 15 is 0 Å². The van der Waals surface area contributed by atoms with Crippen molar-refractivity contribution in [3.63, 3.8) is 0 Å². The second-order valence-corrected chi connectivity index (χ2v) is 10.6. The van der Waals surface area contributed by atoms with Crippen LogP contribution in [0.3, 0.4) is 0 Å². The summed E-state index contributed by atoms with van der Waals surface area (Å²) in [5.41, 5.74) is 0.475. The molecule has 4 atom stereocenters. The Kier molecular flexibility index (Phi) is 11.3. The van der Waals surface area contributed by atoms with Gasteiger partial charge in [-0.1, -0.05) is 50.5 Å². The van der Waals surface area contributed by atoms with E-state index in [-0.39, 0.29) is 35.9 Å². The molecular formula is C25H40O5S. The van der Waals surface area contributed by atoms with Gasteiger partial charge < -0.3 is 15.3 Å². The summed E-state index contributed by atoms with van der Waals surface area (Å²) >= 11 is 1.70. The summed E-state index contributed by atoms with van der Waals surface area (Å²) in [6.07, 6.45) is 17.9. The minimum absolute atomic E-state index is 0.0546. The normalized spacial score (nSPS) is 26.5. The zero-order valence-electron chi connectivity index (χ0n) is 18.9. The Bertz CT molecular complexity index is 625. The molecule has 0 aromatic carbocycles. The zero-order valence-corrected chi connectivity index (χ0v) is 19.7. The van der Waals surface area contributed by atoms with E-state index in [0.717, 1.165) is 6.42 Å². The van der Waals surface area contributed by atoms with Gasteiger partial charge in [-0.25, -0.2) is 4.79 Å². The monoisotopic (exact) mass is 452 g/mol. The van der Waals surface area contributed by atoms with Crippen LogP contribution >= 0.6 is 11.8 Å². The molecule has 0 spiro atoms. The lowest BCUT2D eigenvalue weighted by Crippen LogP contribution is -2.28. The van der Waals surface area contributed by atoms with Crippen molar-refractivity contribution in [2.24, 2.45) is 17.3 Å². The van der Waals surface area contributed by atoms with Crippen molar-refractivity contribution in [1.29, 1.82) is 0 Å². The number of carboxylic acids is 1. The summed E-state index contributed by atoms with van der Waals surface area (Å²) in [5.74, 6) is -0.137. The summed E-state index contributed by atoms with van der Waals surface area (Å²) in [7, 11) is 0. The van der Waals surface area contributed by atoms with Gasteiger partial charge in [0.1, 0.15) is 5.78 Å². The lowest BCUT2D eigenvalue weighted by molar-refractivity contribution is -0.146. The van der Waals surface area contributed by atoms with Crippen molar-refractivity contribution in [2.45, 2.75) is 88.9 Å². The number of aliphatic hydroxyl groups excluding tert-OH is 2. The van der Waals surface area contributed by atoms with E-state index in [1.807, 2.05) is 12.2 Å². The molecule has 2 aliphatic rings. The lowest BCUT2D eigenvalue weighted by atomic mass is 9.64. The van der Waals surface area contributed by atoms with Gasteiger partial charge in [0.15, 0.2) is 6.10 Å². The van der Waals surface area contributed by atoms with Crippen molar-refractivity contribution in [2.75, 3.05) is 12.4 Å². The average molecular weight is 453 g/mol. The first-order chi connectivity index (χ1) is 14.9. The summed E-state index contributed by atoms with van der Waals surface area (Å²) in [6, 6.07) is 0. The number of thioether (sulfide) groups is 1. The second kappa shape index (κ2) is 13.4. The van der Waals surface area contributed by atoms with Gasteiger partial charge in [0, 0.05) is 23.3 Å². The summed E-state index contributed by atoms with van der Waals surface area (Å²) in [5, 5.41) is 27.6. The van der Waals surface area contributed by atoms with Gasteiger partial charge >= 0.3 is 5.97 Å². The number of hydrogen-bond donors (Lipinski definition) is 3. The van der Waals surface area contributed by atoms with Crippen LogP contribution < -0.4 is 0 Å². The number of unbranched alkanes of at least 4 members (excludes halogenated alkanes) is 1. The van der Waals surface area contributed by atoms with E-state index in [9.17, 15) is 19.8 Å². The molecule has 3 N–H and O–H groups in total. The molecule has 31 heavy (non-hydrogen) atoms. The van der Waals surface area contributed by atoms with Crippen LogP contribution in [0.2, 0.25) is 0 Å². The fourth-order valence-electron chi connectivity index (χ4n) is 4.88. The van der Waals surface area contributed by atoms with Crippen molar-refractivity contribution >= 4 is 23.5 Å². The van der Waals surface area contributed by atoms with Crippen molar-refractivity contribution in [3.05, 3.63) is 24.3 Å². The van der Waals surface area contributed by atoms with E-state index < -0.39 is 12.1 Å². The van der Waals surface area contributed by atoms with Crippen LogP contribution in [0.1, 0.15) is 77.6 Å². The van der Waals surface area contributed by atoms with Gasteiger partial charge in [-0.2, -0.15) is 11.8 Å². The number of aliphatic hydroxyl groups is 2. The molecule has 0 radical (unpaired) electrons. The molecule has 0 aromatic rings. The molecule has 0 bridgehead atoms. The Balaban J connectivity index is 1.96. The maximum Gasteiger partial charge on any atom is 0.332 e. The Labute approximate surface area is 191 Å². The van der Waals surface area contributed by atoms with Gasteiger partial charge in [-0.05, 0) is 56.3 Å². The Morgan fingerprint density at radius 3 is 2.68 bits per heavy atom. The molecule has 0 saturated heterocycles. The predicted molar refractivity (Wildman–Crippen MR) is 126 cm³/mol. The zero-order chi connectivity index (χ0) is 22.7. The van der Waals surface area contributed by atoms with Crippen LogP contribution in [0.15, 0.2) is 24.3 Å². The van der Waals surface area contributed by atoms with Gasteiger partial charge in [-0.3, -0.25) is 4.79 Å². The van der Waals surface area contributed by atoms with Crippen molar-refractivity contribution in [3.8, 4) is 0 Å². The van der Waals surface area contributed by atoms with Gasteiger partial charge in [0.25, 0.3) is 0 Å². The van der Waals surface area contributed by atoms with Crippen LogP contribution in [0.4, 0.5) is 0 Å². The van der Waals surface area contributed by atoms with Crippen LogP contribution in [0.25, 0.3) is 0 Å². The quantitative estimate of drug-likeness (QED) is 0.310. The fourth-order valence-corrected chi connectivity index (χ4v) is 6.07. The third kappa shape index (κ3) is 8.07. The molecule has 0 amide bonds. The average Bonchev–Trinajstić information content (AvgIpc) is 3.01. The Morgan fingerprint density at radius 2 is 2.06 bits per heavy atom. The standard InChI is InChI=1S/C25H40O5S/c1-2-3-12-25(14-8-15-25)13-7-10-20-19(22(28)18-23(20)31-17-16-26)9-5-4-6-11-21(27)24(29)30/h4-5,7,10,19-21,23,26-27H,2-3,6,8-9,11-18H2,1H3,(H,29,30)/b5-4-,10-7+/t19-,20-,21?,23+/m1/s1. The maximum absolute atomic E-state index is 12.7. The number of hydrogen-bond acceptors (Lipinski definition) is 5. The van der Waals surface area contributed by atoms with Crippen molar-refractivity contribution < 1.29 is 24.9 Å². The molecule has 2 fully saturated rings. The molecule has 0 heterocycles. The smallest absolute Gasteiger partial charge is 0.332 e. The molecule has 0 aliphatic heterocycles. The number of carbonyl (C=O) groups is 2. The van der Waals surface area contributed by atoms with Crippen LogP contribution in [-0.4, -0.2) is 50.8 Å². The van der Waals surface area contributed by atoms with Gasteiger partial charge in [0.2, 0.25) is 0 Å². The first kappa shape index (κ1) is 26.1. The largest absolute Gasteiger partial charge is 0.479 e. The van der Waals surface area contributed by atoms with Crippen molar-refractivity contribution in [1.82, 2.24) is 0 Å².